The number of hydrogen-bond donors (Lipinski definition) is 1. The van der Waals surface area contributed by atoms with Gasteiger partial charge < -0.3 is 5.73 Å². The van der Waals surface area contributed by atoms with Crippen molar-refractivity contribution in [3.05, 3.63) is 35.4 Å². The lowest BCUT2D eigenvalue weighted by Gasteiger charge is -2.26. The molecule has 1 aromatic rings. The van der Waals surface area contributed by atoms with Crippen LogP contribution in [0.25, 0.3) is 0 Å². The van der Waals surface area contributed by atoms with Gasteiger partial charge in [0.25, 0.3) is 0 Å². The Hall–Kier alpha value is -1.36. The molecule has 5 heteroatoms. The van der Waals surface area contributed by atoms with Crippen LogP contribution >= 0.6 is 0 Å². The van der Waals surface area contributed by atoms with E-state index in [1.807, 2.05) is 0 Å². The van der Waals surface area contributed by atoms with Gasteiger partial charge >= 0.3 is 6.18 Å². The number of ketones is 1. The Morgan fingerprint density at radius 1 is 1.19 bits per heavy atom. The van der Waals surface area contributed by atoms with Crippen LogP contribution in [0.15, 0.2) is 24.3 Å². The van der Waals surface area contributed by atoms with Crippen molar-refractivity contribution < 1.29 is 18.0 Å². The van der Waals surface area contributed by atoms with Crippen molar-refractivity contribution in [2.24, 2.45) is 17.6 Å². The second-order valence-corrected chi connectivity index (χ2v) is 5.79. The maximum absolute atomic E-state index is 12.6. The van der Waals surface area contributed by atoms with E-state index in [1.54, 1.807) is 6.07 Å². The molecule has 1 fully saturated rings. The van der Waals surface area contributed by atoms with Crippen LogP contribution in [0.4, 0.5) is 13.2 Å². The number of carbonyl (C=O) groups is 1. The average Bonchev–Trinajstić information content (AvgIpc) is 2.47. The van der Waals surface area contributed by atoms with E-state index in [0.29, 0.717) is 18.0 Å². The molecule has 1 saturated carbocycles. The molecular formula is C16H20F3NO. The molecule has 0 amide bonds. The van der Waals surface area contributed by atoms with Gasteiger partial charge in [-0.05, 0) is 49.8 Å². The van der Waals surface area contributed by atoms with Crippen LogP contribution in [-0.2, 0) is 17.4 Å². The third kappa shape index (κ3) is 4.30. The van der Waals surface area contributed by atoms with E-state index in [9.17, 15) is 18.0 Å². The zero-order valence-electron chi connectivity index (χ0n) is 11.8. The number of alkyl halides is 3. The maximum Gasteiger partial charge on any atom is 0.416 e. The molecule has 0 aliphatic heterocycles. The van der Waals surface area contributed by atoms with E-state index in [1.165, 1.54) is 6.07 Å². The predicted octanol–water partition coefficient (Wildman–Crippen LogP) is 3.58. The van der Waals surface area contributed by atoms with Crippen LogP contribution in [0.2, 0.25) is 0 Å². The molecular weight excluding hydrogens is 279 g/mol. The van der Waals surface area contributed by atoms with Gasteiger partial charge in [0.15, 0.2) is 0 Å². The lowest BCUT2D eigenvalue weighted by atomic mass is 9.79. The van der Waals surface area contributed by atoms with Crippen LogP contribution in [0.3, 0.4) is 0 Å². The van der Waals surface area contributed by atoms with Crippen molar-refractivity contribution in [2.75, 3.05) is 6.54 Å². The summed E-state index contributed by atoms with van der Waals surface area (Å²) in [7, 11) is 0. The fraction of sp³-hybridized carbons (Fsp3) is 0.562. The summed E-state index contributed by atoms with van der Waals surface area (Å²) >= 11 is 0. The summed E-state index contributed by atoms with van der Waals surface area (Å²) in [5.74, 6) is 0.509. The number of rotatable bonds is 4. The van der Waals surface area contributed by atoms with Gasteiger partial charge in [-0.1, -0.05) is 18.2 Å². The summed E-state index contributed by atoms with van der Waals surface area (Å²) in [4.78, 5) is 12.2. The van der Waals surface area contributed by atoms with Crippen LogP contribution in [0.1, 0.15) is 36.8 Å². The summed E-state index contributed by atoms with van der Waals surface area (Å²) in [6, 6.07) is 5.04. The molecule has 0 spiro atoms. The molecule has 0 radical (unpaired) electrons. The fourth-order valence-corrected chi connectivity index (χ4v) is 2.92. The summed E-state index contributed by atoms with van der Waals surface area (Å²) in [5, 5.41) is 0. The minimum atomic E-state index is -4.36. The lowest BCUT2D eigenvalue weighted by Crippen LogP contribution is -2.26. The molecule has 2 rings (SSSR count). The van der Waals surface area contributed by atoms with Crippen molar-refractivity contribution in [3.63, 3.8) is 0 Å². The van der Waals surface area contributed by atoms with Gasteiger partial charge in [-0.2, -0.15) is 13.2 Å². The summed E-state index contributed by atoms with van der Waals surface area (Å²) in [6.45, 7) is 0.647. The molecule has 0 heterocycles. The first-order valence-corrected chi connectivity index (χ1v) is 7.29. The minimum Gasteiger partial charge on any atom is -0.330 e. The Labute approximate surface area is 122 Å². The highest BCUT2D eigenvalue weighted by molar-refractivity contribution is 5.83. The van der Waals surface area contributed by atoms with Crippen LogP contribution in [-0.4, -0.2) is 12.3 Å². The van der Waals surface area contributed by atoms with E-state index in [2.05, 4.69) is 0 Å². The third-order valence-electron chi connectivity index (χ3n) is 4.27. The standard InChI is InChI=1S/C16H20F3NO/c17-16(18,19)14-3-1-2-12(8-14)9-15(21)13-6-4-11(10-20)5-7-13/h1-3,8,11,13H,4-7,9-10,20H2. The smallest absolute Gasteiger partial charge is 0.330 e. The van der Waals surface area contributed by atoms with Gasteiger partial charge in [-0.3, -0.25) is 4.79 Å². The molecule has 116 valence electrons. The number of hydrogen-bond acceptors (Lipinski definition) is 2. The Morgan fingerprint density at radius 2 is 1.86 bits per heavy atom. The van der Waals surface area contributed by atoms with Crippen LogP contribution in [0.5, 0.6) is 0 Å². The topological polar surface area (TPSA) is 43.1 Å². The zero-order valence-corrected chi connectivity index (χ0v) is 11.8. The molecule has 0 saturated heterocycles. The Morgan fingerprint density at radius 3 is 2.43 bits per heavy atom. The lowest BCUT2D eigenvalue weighted by molar-refractivity contribution is -0.137. The Balaban J connectivity index is 1.97. The highest BCUT2D eigenvalue weighted by atomic mass is 19.4. The second kappa shape index (κ2) is 6.60. The largest absolute Gasteiger partial charge is 0.416 e. The Bertz CT molecular complexity index is 491. The monoisotopic (exact) mass is 299 g/mol. The molecule has 1 aliphatic carbocycles. The van der Waals surface area contributed by atoms with Crippen molar-refractivity contribution in [1.82, 2.24) is 0 Å². The SMILES string of the molecule is NCC1CCC(C(=O)Cc2cccc(C(F)(F)F)c2)CC1. The van der Waals surface area contributed by atoms with Crippen LogP contribution < -0.4 is 5.73 Å². The van der Waals surface area contributed by atoms with Crippen molar-refractivity contribution >= 4 is 5.78 Å². The average molecular weight is 299 g/mol. The van der Waals surface area contributed by atoms with Gasteiger partial charge in [-0.25, -0.2) is 0 Å². The molecule has 21 heavy (non-hydrogen) atoms. The quantitative estimate of drug-likeness (QED) is 0.923. The van der Waals surface area contributed by atoms with Gasteiger partial charge in [0.05, 0.1) is 5.56 Å². The maximum atomic E-state index is 12.6. The first-order chi connectivity index (χ1) is 9.90. The number of halogens is 3. The molecule has 0 aromatic heterocycles. The predicted molar refractivity (Wildman–Crippen MR) is 74.7 cm³/mol. The summed E-state index contributed by atoms with van der Waals surface area (Å²) < 4.78 is 37.9. The molecule has 1 aliphatic rings. The minimum absolute atomic E-state index is 0.0256. The summed E-state index contributed by atoms with van der Waals surface area (Å²) in [6.07, 6.45) is -0.787. The van der Waals surface area contributed by atoms with Crippen molar-refractivity contribution in [1.29, 1.82) is 0 Å². The molecule has 2 nitrogen and oxygen atoms in total. The van der Waals surface area contributed by atoms with E-state index in [4.69, 9.17) is 5.73 Å². The highest BCUT2D eigenvalue weighted by Gasteiger charge is 2.31. The number of benzene rings is 1. The molecule has 0 bridgehead atoms. The van der Waals surface area contributed by atoms with Gasteiger partial charge in [0.1, 0.15) is 5.78 Å². The first kappa shape index (κ1) is 16.0. The number of nitrogens with two attached hydrogens (primary N) is 1. The van der Waals surface area contributed by atoms with Gasteiger partial charge in [-0.15, -0.1) is 0 Å². The van der Waals surface area contributed by atoms with Crippen molar-refractivity contribution in [2.45, 2.75) is 38.3 Å². The molecule has 0 atom stereocenters. The van der Waals surface area contributed by atoms with Gasteiger partial charge in [0.2, 0.25) is 0 Å². The van der Waals surface area contributed by atoms with E-state index >= 15 is 0 Å². The van der Waals surface area contributed by atoms with E-state index in [0.717, 1.165) is 37.8 Å². The first-order valence-electron chi connectivity index (χ1n) is 7.29. The molecule has 0 unspecified atom stereocenters. The highest BCUT2D eigenvalue weighted by Crippen LogP contribution is 2.31. The second-order valence-electron chi connectivity index (χ2n) is 5.79. The van der Waals surface area contributed by atoms with Crippen LogP contribution in [0, 0.1) is 11.8 Å². The molecule has 2 N–H and O–H groups in total. The number of Topliss-reactive ketones (excluding diaryl/α,β-unsaturated/α-hetero) is 1. The zero-order chi connectivity index (χ0) is 15.5. The normalized spacial score (nSPS) is 23.0. The number of carbonyl (C=O) groups excluding carboxylic acids is 1. The fourth-order valence-electron chi connectivity index (χ4n) is 2.92. The van der Waals surface area contributed by atoms with Gasteiger partial charge in [0, 0.05) is 12.3 Å². The van der Waals surface area contributed by atoms with E-state index < -0.39 is 11.7 Å². The van der Waals surface area contributed by atoms with Crippen molar-refractivity contribution in [3.8, 4) is 0 Å². The van der Waals surface area contributed by atoms with E-state index in [-0.39, 0.29) is 18.1 Å². The Kier molecular flexibility index (Phi) is 5.04. The summed E-state index contributed by atoms with van der Waals surface area (Å²) in [5.41, 5.74) is 5.36. The third-order valence-corrected chi connectivity index (χ3v) is 4.27. The molecule has 1 aromatic carbocycles.